The number of carbonyl (C=O) groups is 1. The predicted molar refractivity (Wildman–Crippen MR) is 87.0 cm³/mol. The van der Waals surface area contributed by atoms with Crippen LogP contribution < -0.4 is 5.32 Å². The molecule has 112 valence electrons. The maximum Gasteiger partial charge on any atom is 0.291 e. The van der Waals surface area contributed by atoms with Crippen molar-refractivity contribution in [3.63, 3.8) is 0 Å². The maximum absolute atomic E-state index is 12.4. The lowest BCUT2D eigenvalue weighted by atomic mass is 10.1. The highest BCUT2D eigenvalue weighted by molar-refractivity contribution is 6.35. The highest BCUT2D eigenvalue weighted by Gasteiger charge is 2.20. The van der Waals surface area contributed by atoms with Crippen molar-refractivity contribution in [2.45, 2.75) is 6.92 Å². The molecule has 22 heavy (non-hydrogen) atoms. The molecular formula is C16H11Cl2NO3. The Labute approximate surface area is 136 Å². The van der Waals surface area contributed by atoms with E-state index in [4.69, 9.17) is 27.6 Å². The Morgan fingerprint density at radius 2 is 2.00 bits per heavy atom. The number of hydrogen-bond donors (Lipinski definition) is 2. The van der Waals surface area contributed by atoms with E-state index in [1.165, 1.54) is 18.2 Å². The number of carbonyl (C=O) groups excluding carboxylic acids is 1. The number of hydrogen-bond acceptors (Lipinski definition) is 3. The number of nitrogens with one attached hydrogen (secondary N) is 1. The average molecular weight is 336 g/mol. The Kier molecular flexibility index (Phi) is 3.72. The number of benzene rings is 2. The first-order valence-electron chi connectivity index (χ1n) is 6.45. The molecule has 0 aliphatic heterocycles. The molecule has 0 unspecified atom stereocenters. The van der Waals surface area contributed by atoms with Crippen LogP contribution in [0.25, 0.3) is 11.0 Å². The van der Waals surface area contributed by atoms with Gasteiger partial charge in [-0.3, -0.25) is 4.79 Å². The van der Waals surface area contributed by atoms with Crippen LogP contribution in [-0.4, -0.2) is 11.0 Å². The van der Waals surface area contributed by atoms with Crippen LogP contribution in [0.3, 0.4) is 0 Å². The van der Waals surface area contributed by atoms with Gasteiger partial charge in [0.2, 0.25) is 0 Å². The fraction of sp³-hybridized carbons (Fsp3) is 0.0625. The number of aromatic hydroxyl groups is 1. The molecule has 0 atom stereocenters. The summed E-state index contributed by atoms with van der Waals surface area (Å²) in [5, 5.41) is 13.9. The van der Waals surface area contributed by atoms with Gasteiger partial charge in [-0.25, -0.2) is 0 Å². The van der Waals surface area contributed by atoms with Gasteiger partial charge in [-0.05, 0) is 31.2 Å². The lowest BCUT2D eigenvalue weighted by Crippen LogP contribution is -2.12. The van der Waals surface area contributed by atoms with Crippen LogP contribution in [0.4, 0.5) is 5.69 Å². The molecule has 1 heterocycles. The zero-order valence-corrected chi connectivity index (χ0v) is 13.0. The second-order valence-electron chi connectivity index (χ2n) is 4.79. The topological polar surface area (TPSA) is 62.5 Å². The summed E-state index contributed by atoms with van der Waals surface area (Å²) in [6.07, 6.45) is 0. The Bertz CT molecular complexity index is 886. The van der Waals surface area contributed by atoms with E-state index in [0.29, 0.717) is 21.2 Å². The van der Waals surface area contributed by atoms with Crippen molar-refractivity contribution in [3.05, 3.63) is 57.8 Å². The van der Waals surface area contributed by atoms with Crippen molar-refractivity contribution in [1.82, 2.24) is 0 Å². The zero-order valence-electron chi connectivity index (χ0n) is 11.5. The molecule has 0 aliphatic carbocycles. The van der Waals surface area contributed by atoms with Gasteiger partial charge in [0.25, 0.3) is 5.91 Å². The Balaban J connectivity index is 2.01. The van der Waals surface area contributed by atoms with Crippen LogP contribution in [-0.2, 0) is 0 Å². The summed E-state index contributed by atoms with van der Waals surface area (Å²) in [5.41, 5.74) is 1.35. The Hall–Kier alpha value is -2.17. The molecule has 0 fully saturated rings. The number of fused-ring (bicyclic) bond motifs is 1. The van der Waals surface area contributed by atoms with Gasteiger partial charge in [-0.1, -0.05) is 35.3 Å². The molecule has 2 aromatic carbocycles. The number of phenols is 1. The van der Waals surface area contributed by atoms with E-state index in [1.54, 1.807) is 19.1 Å². The number of phenolic OH excluding ortho intramolecular Hbond substituents is 1. The van der Waals surface area contributed by atoms with Crippen molar-refractivity contribution < 1.29 is 14.3 Å². The maximum atomic E-state index is 12.4. The molecule has 2 N–H and O–H groups in total. The van der Waals surface area contributed by atoms with E-state index in [1.807, 2.05) is 6.07 Å². The van der Waals surface area contributed by atoms with Crippen LogP contribution in [0.5, 0.6) is 5.75 Å². The average Bonchev–Trinajstić information content (AvgIpc) is 2.82. The predicted octanol–water partition coefficient (Wildman–Crippen LogP) is 5.01. The summed E-state index contributed by atoms with van der Waals surface area (Å²) in [6.45, 7) is 1.77. The molecule has 0 bridgehead atoms. The largest absolute Gasteiger partial charge is 0.506 e. The summed E-state index contributed by atoms with van der Waals surface area (Å²) in [5.74, 6) is -0.422. The molecule has 4 nitrogen and oxygen atoms in total. The standard InChI is InChI=1S/C16H11Cl2NO3/c1-8-10-3-2-4-11(18)15(10)22-14(8)16(21)19-12-7-9(17)5-6-13(12)20/h2-7,20H,1H3,(H,19,21). The first-order valence-corrected chi connectivity index (χ1v) is 7.20. The molecule has 1 aromatic heterocycles. The summed E-state index contributed by atoms with van der Waals surface area (Å²) in [4.78, 5) is 12.4. The third kappa shape index (κ3) is 2.51. The SMILES string of the molecule is Cc1c(C(=O)Nc2cc(Cl)ccc2O)oc2c(Cl)cccc12. The first-order chi connectivity index (χ1) is 10.5. The molecule has 0 saturated carbocycles. The van der Waals surface area contributed by atoms with Gasteiger partial charge in [0.1, 0.15) is 5.75 Å². The summed E-state index contributed by atoms with van der Waals surface area (Å²) < 4.78 is 5.58. The number of rotatable bonds is 2. The van der Waals surface area contributed by atoms with Crippen LogP contribution in [0.1, 0.15) is 16.1 Å². The highest BCUT2D eigenvalue weighted by atomic mass is 35.5. The van der Waals surface area contributed by atoms with Gasteiger partial charge < -0.3 is 14.8 Å². The number of furan rings is 1. The van der Waals surface area contributed by atoms with Gasteiger partial charge in [-0.2, -0.15) is 0 Å². The number of aryl methyl sites for hydroxylation is 1. The van der Waals surface area contributed by atoms with Crippen LogP contribution in [0.15, 0.2) is 40.8 Å². The van der Waals surface area contributed by atoms with Crippen molar-refractivity contribution in [1.29, 1.82) is 0 Å². The first kappa shape index (κ1) is 14.8. The molecule has 0 radical (unpaired) electrons. The van der Waals surface area contributed by atoms with E-state index in [2.05, 4.69) is 5.32 Å². The fourth-order valence-electron chi connectivity index (χ4n) is 2.21. The van der Waals surface area contributed by atoms with Crippen LogP contribution in [0, 0.1) is 6.92 Å². The van der Waals surface area contributed by atoms with E-state index in [9.17, 15) is 9.90 Å². The van der Waals surface area contributed by atoms with E-state index >= 15 is 0 Å². The van der Waals surface area contributed by atoms with Crippen molar-refractivity contribution in [3.8, 4) is 5.75 Å². The van der Waals surface area contributed by atoms with Gasteiger partial charge >= 0.3 is 0 Å². The quantitative estimate of drug-likeness (QED) is 0.647. The zero-order chi connectivity index (χ0) is 15.9. The third-order valence-electron chi connectivity index (χ3n) is 3.33. The number of amides is 1. The minimum absolute atomic E-state index is 0.0791. The van der Waals surface area contributed by atoms with Gasteiger partial charge in [0, 0.05) is 16.0 Å². The van der Waals surface area contributed by atoms with Gasteiger partial charge in [0.15, 0.2) is 11.3 Å². The van der Waals surface area contributed by atoms with Crippen molar-refractivity contribution >= 4 is 45.8 Å². The minimum Gasteiger partial charge on any atom is -0.506 e. The van der Waals surface area contributed by atoms with Crippen molar-refractivity contribution in [2.75, 3.05) is 5.32 Å². The van der Waals surface area contributed by atoms with Gasteiger partial charge in [0.05, 0.1) is 10.7 Å². The monoisotopic (exact) mass is 335 g/mol. The molecule has 1 amide bonds. The minimum atomic E-state index is -0.484. The van der Waals surface area contributed by atoms with Gasteiger partial charge in [-0.15, -0.1) is 0 Å². The summed E-state index contributed by atoms with van der Waals surface area (Å²) >= 11 is 11.9. The molecule has 0 saturated heterocycles. The fourth-order valence-corrected chi connectivity index (χ4v) is 2.60. The smallest absolute Gasteiger partial charge is 0.291 e. The van der Waals surface area contributed by atoms with Crippen molar-refractivity contribution in [2.24, 2.45) is 0 Å². The lowest BCUT2D eigenvalue weighted by Gasteiger charge is -2.06. The number of para-hydroxylation sites is 1. The second kappa shape index (κ2) is 5.55. The molecule has 3 rings (SSSR count). The van der Waals surface area contributed by atoms with Crippen LogP contribution >= 0.6 is 23.2 Å². The molecule has 3 aromatic rings. The second-order valence-corrected chi connectivity index (χ2v) is 5.63. The lowest BCUT2D eigenvalue weighted by molar-refractivity contribution is 0.0997. The van der Waals surface area contributed by atoms with Crippen LogP contribution in [0.2, 0.25) is 10.0 Å². The molecule has 0 aliphatic rings. The number of anilines is 1. The Morgan fingerprint density at radius 3 is 2.73 bits per heavy atom. The Morgan fingerprint density at radius 1 is 1.23 bits per heavy atom. The molecule has 0 spiro atoms. The van der Waals surface area contributed by atoms with E-state index in [0.717, 1.165) is 5.39 Å². The third-order valence-corrected chi connectivity index (χ3v) is 3.86. The van der Waals surface area contributed by atoms with E-state index in [-0.39, 0.29) is 17.2 Å². The molecular weight excluding hydrogens is 325 g/mol. The number of halogens is 2. The summed E-state index contributed by atoms with van der Waals surface area (Å²) in [7, 11) is 0. The van der Waals surface area contributed by atoms with E-state index < -0.39 is 5.91 Å². The summed E-state index contributed by atoms with van der Waals surface area (Å²) in [6, 6.07) is 9.70. The molecule has 6 heteroatoms. The highest BCUT2D eigenvalue weighted by Crippen LogP contribution is 2.32. The normalized spacial score (nSPS) is 10.9.